The number of thiophene rings is 1. The van der Waals surface area contributed by atoms with E-state index >= 15 is 0 Å². The summed E-state index contributed by atoms with van der Waals surface area (Å²) >= 11 is 1.59. The van der Waals surface area contributed by atoms with E-state index in [4.69, 9.17) is 4.42 Å². The summed E-state index contributed by atoms with van der Waals surface area (Å²) in [6, 6.07) is 11.3. The molecule has 0 unspecified atom stereocenters. The van der Waals surface area contributed by atoms with Crippen LogP contribution in [0.1, 0.15) is 25.9 Å². The average molecular weight is 340 g/mol. The van der Waals surface area contributed by atoms with E-state index in [1.165, 1.54) is 11.0 Å². The van der Waals surface area contributed by atoms with Crippen molar-refractivity contribution in [1.29, 1.82) is 0 Å². The van der Waals surface area contributed by atoms with E-state index in [-0.39, 0.29) is 5.76 Å². The van der Waals surface area contributed by atoms with Crippen LogP contribution in [0.5, 0.6) is 0 Å². The molecule has 3 rings (SSSR count). The first-order valence-electron chi connectivity index (χ1n) is 7.37. The molecule has 0 aliphatic heterocycles. The molecule has 0 aliphatic rings. The SMILES string of the molecule is Cc1ccc(/C=C\C(=O)NNC(=O)c2oc3ccccc3c2C)s1. The molecule has 1 aromatic carbocycles. The summed E-state index contributed by atoms with van der Waals surface area (Å²) in [5.74, 6) is -0.713. The normalized spacial score (nSPS) is 11.1. The molecule has 122 valence electrons. The van der Waals surface area contributed by atoms with Crippen molar-refractivity contribution < 1.29 is 14.0 Å². The van der Waals surface area contributed by atoms with E-state index in [1.54, 1.807) is 23.5 Å². The molecule has 2 heterocycles. The summed E-state index contributed by atoms with van der Waals surface area (Å²) in [6.45, 7) is 3.81. The summed E-state index contributed by atoms with van der Waals surface area (Å²) < 4.78 is 5.55. The first-order valence-corrected chi connectivity index (χ1v) is 8.19. The van der Waals surface area contributed by atoms with Crippen LogP contribution in [-0.4, -0.2) is 11.8 Å². The van der Waals surface area contributed by atoms with Gasteiger partial charge in [-0.1, -0.05) is 18.2 Å². The number of furan rings is 1. The molecular formula is C18H16N2O3S. The molecule has 6 heteroatoms. The summed E-state index contributed by atoms with van der Waals surface area (Å²) in [4.78, 5) is 26.1. The van der Waals surface area contributed by atoms with E-state index in [9.17, 15) is 9.59 Å². The molecule has 0 atom stereocenters. The molecule has 24 heavy (non-hydrogen) atoms. The molecule has 5 nitrogen and oxygen atoms in total. The van der Waals surface area contributed by atoms with Crippen molar-refractivity contribution in [3.8, 4) is 0 Å². The zero-order chi connectivity index (χ0) is 17.1. The minimum atomic E-state index is -0.489. The molecule has 0 saturated heterocycles. The van der Waals surface area contributed by atoms with Crippen LogP contribution in [0.3, 0.4) is 0 Å². The first-order chi connectivity index (χ1) is 11.5. The van der Waals surface area contributed by atoms with Gasteiger partial charge in [-0.15, -0.1) is 11.3 Å². The largest absolute Gasteiger partial charge is 0.451 e. The lowest BCUT2D eigenvalue weighted by molar-refractivity contribution is -0.117. The lowest BCUT2D eigenvalue weighted by Gasteiger charge is -2.03. The van der Waals surface area contributed by atoms with E-state index < -0.39 is 11.8 Å². The molecule has 3 aromatic rings. The van der Waals surface area contributed by atoms with Crippen molar-refractivity contribution in [2.24, 2.45) is 0 Å². The summed E-state index contributed by atoms with van der Waals surface area (Å²) in [6.07, 6.45) is 3.07. The van der Waals surface area contributed by atoms with Gasteiger partial charge >= 0.3 is 5.91 Å². The van der Waals surface area contributed by atoms with Gasteiger partial charge < -0.3 is 4.42 Å². The van der Waals surface area contributed by atoms with Crippen LogP contribution < -0.4 is 10.9 Å². The maximum absolute atomic E-state index is 12.2. The van der Waals surface area contributed by atoms with Gasteiger partial charge in [0.25, 0.3) is 5.91 Å². The highest BCUT2D eigenvalue weighted by Crippen LogP contribution is 2.24. The Labute approximate surface area is 142 Å². The van der Waals surface area contributed by atoms with Gasteiger partial charge in [0.15, 0.2) is 5.76 Å². The minimum absolute atomic E-state index is 0.189. The van der Waals surface area contributed by atoms with Crippen molar-refractivity contribution in [1.82, 2.24) is 10.9 Å². The number of aryl methyl sites for hydroxylation is 2. The van der Waals surface area contributed by atoms with E-state index in [0.717, 1.165) is 15.8 Å². The van der Waals surface area contributed by atoms with Gasteiger partial charge in [0.05, 0.1) is 0 Å². The molecule has 0 aliphatic carbocycles. The number of hydrogen-bond acceptors (Lipinski definition) is 4. The van der Waals surface area contributed by atoms with Crippen molar-refractivity contribution in [3.05, 3.63) is 63.6 Å². The highest BCUT2D eigenvalue weighted by atomic mass is 32.1. The second-order valence-electron chi connectivity index (χ2n) is 5.28. The number of carbonyl (C=O) groups excluding carboxylic acids is 2. The van der Waals surface area contributed by atoms with Crippen molar-refractivity contribution in [2.45, 2.75) is 13.8 Å². The van der Waals surface area contributed by atoms with E-state index in [1.807, 2.05) is 44.2 Å². The highest BCUT2D eigenvalue weighted by Gasteiger charge is 2.17. The van der Waals surface area contributed by atoms with E-state index in [2.05, 4.69) is 10.9 Å². The number of carbonyl (C=O) groups is 2. The Balaban J connectivity index is 1.63. The fraction of sp³-hybridized carbons (Fsp3) is 0.111. The Morgan fingerprint density at radius 1 is 1.08 bits per heavy atom. The average Bonchev–Trinajstić information content (AvgIpc) is 3.15. The predicted octanol–water partition coefficient (Wildman–Crippen LogP) is 3.59. The second kappa shape index (κ2) is 6.72. The Hall–Kier alpha value is -2.86. The maximum Gasteiger partial charge on any atom is 0.305 e. The lowest BCUT2D eigenvalue weighted by Crippen LogP contribution is -2.40. The number of nitrogens with one attached hydrogen (secondary N) is 2. The number of benzene rings is 1. The van der Waals surface area contributed by atoms with Crippen LogP contribution in [0.15, 0.2) is 46.9 Å². The Bertz CT molecular complexity index is 937. The Morgan fingerprint density at radius 2 is 1.88 bits per heavy atom. The third kappa shape index (κ3) is 3.38. The van der Waals surface area contributed by atoms with Gasteiger partial charge in [-0.2, -0.15) is 0 Å². The molecule has 0 saturated carbocycles. The monoisotopic (exact) mass is 340 g/mol. The molecule has 0 bridgehead atoms. The second-order valence-corrected chi connectivity index (χ2v) is 6.60. The van der Waals surface area contributed by atoms with Crippen LogP contribution in [0.4, 0.5) is 0 Å². The molecule has 0 spiro atoms. The van der Waals surface area contributed by atoms with Crippen molar-refractivity contribution >= 4 is 40.2 Å². The van der Waals surface area contributed by atoms with Crippen molar-refractivity contribution in [2.75, 3.05) is 0 Å². The number of hydrogen-bond donors (Lipinski definition) is 2. The number of fused-ring (bicyclic) bond motifs is 1. The fourth-order valence-electron chi connectivity index (χ4n) is 2.31. The lowest BCUT2D eigenvalue weighted by atomic mass is 10.1. The van der Waals surface area contributed by atoms with Gasteiger partial charge in [-0.3, -0.25) is 20.4 Å². The summed E-state index contributed by atoms with van der Waals surface area (Å²) in [7, 11) is 0. The molecule has 2 amide bonds. The topological polar surface area (TPSA) is 71.3 Å². The van der Waals surface area contributed by atoms with Crippen LogP contribution in [0, 0.1) is 13.8 Å². The van der Waals surface area contributed by atoms with E-state index in [0.29, 0.717) is 5.58 Å². The molecule has 2 aromatic heterocycles. The third-order valence-corrected chi connectivity index (χ3v) is 4.48. The van der Waals surface area contributed by atoms with Crippen molar-refractivity contribution in [3.63, 3.8) is 0 Å². The summed E-state index contributed by atoms with van der Waals surface area (Å²) in [5, 5.41) is 0.877. The quantitative estimate of drug-likeness (QED) is 0.565. The fourth-order valence-corrected chi connectivity index (χ4v) is 3.09. The van der Waals surface area contributed by atoms with Crippen LogP contribution in [0.2, 0.25) is 0 Å². The number of para-hydroxylation sites is 1. The summed E-state index contributed by atoms with van der Waals surface area (Å²) in [5.41, 5.74) is 6.09. The first kappa shape index (κ1) is 16.0. The Morgan fingerprint density at radius 3 is 2.58 bits per heavy atom. The van der Waals surface area contributed by atoms with Crippen LogP contribution in [-0.2, 0) is 4.79 Å². The van der Waals surface area contributed by atoms with Gasteiger partial charge in [0, 0.05) is 26.8 Å². The number of amides is 2. The zero-order valence-electron chi connectivity index (χ0n) is 13.3. The molecular weight excluding hydrogens is 324 g/mol. The van der Waals surface area contributed by atoms with Gasteiger partial charge in [0.1, 0.15) is 5.58 Å². The predicted molar refractivity (Wildman–Crippen MR) is 94.6 cm³/mol. The molecule has 2 N–H and O–H groups in total. The van der Waals surface area contributed by atoms with Gasteiger partial charge in [-0.05, 0) is 38.1 Å². The highest BCUT2D eigenvalue weighted by molar-refractivity contribution is 7.12. The standard InChI is InChI=1S/C18H16N2O3S/c1-11-7-8-13(24-11)9-10-16(21)19-20-18(22)17-12(2)14-5-3-4-6-15(14)23-17/h3-10H,1-2H3,(H,19,21)(H,20,22)/b10-9-. The van der Waals surface area contributed by atoms with Crippen LogP contribution in [0.25, 0.3) is 17.0 Å². The number of hydrazine groups is 1. The third-order valence-electron chi connectivity index (χ3n) is 3.51. The minimum Gasteiger partial charge on any atom is -0.451 e. The molecule has 0 radical (unpaired) electrons. The zero-order valence-corrected chi connectivity index (χ0v) is 14.1. The molecule has 0 fully saturated rings. The van der Waals surface area contributed by atoms with Gasteiger partial charge in [0.2, 0.25) is 0 Å². The number of rotatable bonds is 3. The van der Waals surface area contributed by atoms with Gasteiger partial charge in [-0.25, -0.2) is 0 Å². The van der Waals surface area contributed by atoms with Crippen LogP contribution >= 0.6 is 11.3 Å². The Kier molecular flexibility index (Phi) is 4.48. The smallest absolute Gasteiger partial charge is 0.305 e. The maximum atomic E-state index is 12.2.